The number of aromatic nitrogens is 7. The molecule has 0 unspecified atom stereocenters. The van der Waals surface area contributed by atoms with Crippen LogP contribution >= 0.6 is 0 Å². The molecule has 0 N–H and O–H groups in total. The van der Waals surface area contributed by atoms with E-state index in [1.54, 1.807) is 23.2 Å². The first kappa shape index (κ1) is 16.5. The lowest BCUT2D eigenvalue weighted by Gasteiger charge is -2.32. The normalized spacial score (nSPS) is 17.6. The van der Waals surface area contributed by atoms with Gasteiger partial charge in [-0.3, -0.25) is 9.48 Å². The zero-order valence-electron chi connectivity index (χ0n) is 15.0. The Morgan fingerprint density at radius 1 is 1.23 bits per heavy atom. The Balaban J connectivity index is 1.50. The third-order valence-corrected chi connectivity index (χ3v) is 4.95. The summed E-state index contributed by atoms with van der Waals surface area (Å²) in [5, 5.41) is 13.0. The van der Waals surface area contributed by atoms with Gasteiger partial charge in [0.2, 0.25) is 0 Å². The number of aryl methyl sites for hydroxylation is 1. The van der Waals surface area contributed by atoms with Crippen molar-refractivity contribution < 1.29 is 4.79 Å². The molecule has 0 spiro atoms. The van der Waals surface area contributed by atoms with E-state index in [-0.39, 0.29) is 11.8 Å². The van der Waals surface area contributed by atoms with Crippen LogP contribution < -0.4 is 0 Å². The number of rotatable bonds is 4. The lowest BCUT2D eigenvalue weighted by molar-refractivity contribution is 0.0687. The number of hydrogen-bond acceptors (Lipinski definition) is 5. The van der Waals surface area contributed by atoms with Crippen molar-refractivity contribution in [2.24, 2.45) is 14.1 Å². The molecule has 0 aliphatic carbocycles. The average molecular weight is 354 g/mol. The maximum Gasteiger partial charge on any atom is 0.289 e. The van der Waals surface area contributed by atoms with Crippen LogP contribution in [0, 0.1) is 0 Å². The zero-order valence-corrected chi connectivity index (χ0v) is 15.0. The predicted octanol–water partition coefficient (Wildman–Crippen LogP) is 0.813. The lowest BCUT2D eigenvalue weighted by atomic mass is 9.97. The monoisotopic (exact) mass is 354 g/mol. The van der Waals surface area contributed by atoms with Crippen molar-refractivity contribution in [2.45, 2.75) is 25.3 Å². The number of piperidine rings is 1. The number of nitrogens with zero attached hydrogens (tertiary/aromatic N) is 8. The van der Waals surface area contributed by atoms with Crippen LogP contribution in [-0.4, -0.2) is 58.0 Å². The molecule has 26 heavy (non-hydrogen) atoms. The van der Waals surface area contributed by atoms with Crippen LogP contribution in [0.5, 0.6) is 0 Å². The Labute approximate surface area is 151 Å². The minimum absolute atomic E-state index is 0.0267. The average Bonchev–Trinajstić information content (AvgIpc) is 3.38. The van der Waals surface area contributed by atoms with Crippen LogP contribution in [-0.2, 0) is 20.6 Å². The van der Waals surface area contributed by atoms with E-state index < -0.39 is 0 Å². The largest absolute Gasteiger partial charge is 0.335 e. The molecule has 1 amide bonds. The maximum atomic E-state index is 12.7. The summed E-state index contributed by atoms with van der Waals surface area (Å²) in [6.45, 7) is 1.97. The summed E-state index contributed by atoms with van der Waals surface area (Å²) in [5.74, 6) is 2.40. The first-order valence-corrected chi connectivity index (χ1v) is 8.75. The highest BCUT2D eigenvalue weighted by Crippen LogP contribution is 2.26. The van der Waals surface area contributed by atoms with E-state index in [0.717, 1.165) is 31.0 Å². The standard InChI is InChI=1S/C17H22N8O/c1-22-10-7-18-16(22)17(26)24-8-3-5-13(11-24)15-21-20-14(23(15)2)12-25-9-4-6-19-25/h4,6-7,9-10,13H,3,5,8,11-12H2,1-2H3/t13-/m0/s1. The summed E-state index contributed by atoms with van der Waals surface area (Å²) >= 11 is 0. The van der Waals surface area contributed by atoms with E-state index >= 15 is 0 Å². The van der Waals surface area contributed by atoms with Gasteiger partial charge < -0.3 is 14.0 Å². The van der Waals surface area contributed by atoms with Gasteiger partial charge in [0.05, 0.1) is 0 Å². The molecule has 1 fully saturated rings. The van der Waals surface area contributed by atoms with Gasteiger partial charge in [-0.2, -0.15) is 5.10 Å². The number of amides is 1. The lowest BCUT2D eigenvalue weighted by Crippen LogP contribution is -2.40. The fraction of sp³-hybridized carbons (Fsp3) is 0.471. The summed E-state index contributed by atoms with van der Waals surface area (Å²) in [6, 6.07) is 1.89. The van der Waals surface area contributed by atoms with E-state index in [2.05, 4.69) is 20.3 Å². The summed E-state index contributed by atoms with van der Waals surface area (Å²) in [4.78, 5) is 18.8. The Bertz CT molecular complexity index is 894. The van der Waals surface area contributed by atoms with E-state index in [4.69, 9.17) is 0 Å². The summed E-state index contributed by atoms with van der Waals surface area (Å²) in [7, 11) is 3.82. The van der Waals surface area contributed by atoms with Crippen molar-refractivity contribution in [1.29, 1.82) is 0 Å². The second-order valence-corrected chi connectivity index (χ2v) is 6.69. The van der Waals surface area contributed by atoms with Crippen LogP contribution in [0.15, 0.2) is 30.9 Å². The van der Waals surface area contributed by atoms with E-state index in [1.165, 1.54) is 0 Å². The van der Waals surface area contributed by atoms with Crippen LogP contribution in [0.2, 0.25) is 0 Å². The Morgan fingerprint density at radius 2 is 2.12 bits per heavy atom. The summed E-state index contributed by atoms with van der Waals surface area (Å²) < 4.78 is 5.61. The van der Waals surface area contributed by atoms with Crippen LogP contribution in [0.1, 0.15) is 41.0 Å². The molecule has 3 aromatic heterocycles. The quantitative estimate of drug-likeness (QED) is 0.692. The van der Waals surface area contributed by atoms with E-state index in [1.807, 2.05) is 40.5 Å². The van der Waals surface area contributed by atoms with Crippen molar-refractivity contribution >= 4 is 5.91 Å². The second-order valence-electron chi connectivity index (χ2n) is 6.69. The fourth-order valence-electron chi connectivity index (χ4n) is 3.49. The molecule has 3 aromatic rings. The number of carbonyl (C=O) groups is 1. The molecule has 0 radical (unpaired) electrons. The highest BCUT2D eigenvalue weighted by atomic mass is 16.2. The number of hydrogen-bond donors (Lipinski definition) is 0. The van der Waals surface area contributed by atoms with Crippen molar-refractivity contribution in [3.63, 3.8) is 0 Å². The van der Waals surface area contributed by atoms with Crippen LogP contribution in [0.25, 0.3) is 0 Å². The number of likely N-dealkylation sites (tertiary alicyclic amines) is 1. The molecular weight excluding hydrogens is 332 g/mol. The minimum Gasteiger partial charge on any atom is -0.335 e. The van der Waals surface area contributed by atoms with Gasteiger partial charge in [0.1, 0.15) is 12.4 Å². The molecule has 1 aliphatic heterocycles. The van der Waals surface area contributed by atoms with Gasteiger partial charge in [-0.05, 0) is 18.9 Å². The summed E-state index contributed by atoms with van der Waals surface area (Å²) in [6.07, 6.45) is 9.04. The third kappa shape index (κ3) is 3.00. The number of imidazole rings is 1. The van der Waals surface area contributed by atoms with Gasteiger partial charge in [0.15, 0.2) is 11.6 Å². The third-order valence-electron chi connectivity index (χ3n) is 4.95. The Kier molecular flexibility index (Phi) is 4.27. The SMILES string of the molecule is Cn1ccnc1C(=O)N1CCC[C@H](c2nnc(Cn3cccn3)n2C)C1. The molecule has 1 saturated heterocycles. The van der Waals surface area contributed by atoms with Crippen molar-refractivity contribution in [1.82, 2.24) is 39.0 Å². The van der Waals surface area contributed by atoms with E-state index in [9.17, 15) is 4.79 Å². The van der Waals surface area contributed by atoms with Crippen LogP contribution in [0.3, 0.4) is 0 Å². The first-order valence-electron chi connectivity index (χ1n) is 8.75. The van der Waals surface area contributed by atoms with Crippen molar-refractivity contribution in [2.75, 3.05) is 13.1 Å². The van der Waals surface area contributed by atoms with Gasteiger partial charge in [0.25, 0.3) is 5.91 Å². The van der Waals surface area contributed by atoms with E-state index in [0.29, 0.717) is 18.9 Å². The molecule has 1 aliphatic rings. The zero-order chi connectivity index (χ0) is 18.1. The highest BCUT2D eigenvalue weighted by molar-refractivity contribution is 5.90. The van der Waals surface area contributed by atoms with Gasteiger partial charge in [-0.15, -0.1) is 10.2 Å². The maximum absolute atomic E-state index is 12.7. The molecule has 1 atom stereocenters. The fourth-order valence-corrected chi connectivity index (χ4v) is 3.49. The van der Waals surface area contributed by atoms with Gasteiger partial charge in [-0.1, -0.05) is 0 Å². The number of carbonyl (C=O) groups excluding carboxylic acids is 1. The molecule has 9 heteroatoms. The van der Waals surface area contributed by atoms with Crippen LogP contribution in [0.4, 0.5) is 0 Å². The minimum atomic E-state index is -0.0267. The summed E-state index contributed by atoms with van der Waals surface area (Å²) in [5.41, 5.74) is 0. The van der Waals surface area contributed by atoms with Crippen molar-refractivity contribution in [3.05, 3.63) is 48.3 Å². The smallest absolute Gasteiger partial charge is 0.289 e. The molecule has 0 bridgehead atoms. The predicted molar refractivity (Wildman–Crippen MR) is 93.4 cm³/mol. The molecule has 4 rings (SSSR count). The molecule has 0 saturated carbocycles. The Morgan fingerprint density at radius 3 is 2.85 bits per heavy atom. The van der Waals surface area contributed by atoms with Gasteiger partial charge in [0, 0.05) is 57.9 Å². The Hall–Kier alpha value is -2.97. The van der Waals surface area contributed by atoms with Crippen molar-refractivity contribution in [3.8, 4) is 0 Å². The first-order chi connectivity index (χ1) is 12.6. The van der Waals surface area contributed by atoms with Gasteiger partial charge in [-0.25, -0.2) is 4.98 Å². The second kappa shape index (κ2) is 6.74. The molecule has 0 aromatic carbocycles. The molecular formula is C17H22N8O. The molecule has 4 heterocycles. The topological polar surface area (TPSA) is 86.7 Å². The molecule has 136 valence electrons. The highest BCUT2D eigenvalue weighted by Gasteiger charge is 2.30. The molecule has 9 nitrogen and oxygen atoms in total. The van der Waals surface area contributed by atoms with Gasteiger partial charge >= 0.3 is 0 Å².